The number of methoxy groups -OCH3 is 3. The summed E-state index contributed by atoms with van der Waals surface area (Å²) in [7, 11) is 4.68. The lowest BCUT2D eigenvalue weighted by Crippen LogP contribution is -2.32. The van der Waals surface area contributed by atoms with E-state index >= 15 is 0 Å². The van der Waals surface area contributed by atoms with Crippen molar-refractivity contribution in [2.75, 3.05) is 39.3 Å². The first-order valence-corrected chi connectivity index (χ1v) is 14.1. The first kappa shape index (κ1) is 29.5. The lowest BCUT2D eigenvalue weighted by Gasteiger charge is -2.27. The number of carbonyl (C=O) groups excluding carboxylic acids is 1. The summed E-state index contributed by atoms with van der Waals surface area (Å²) in [5.41, 5.74) is 6.49. The topological polar surface area (TPSA) is 104 Å². The Balaban J connectivity index is 1.44. The van der Waals surface area contributed by atoms with E-state index in [1.54, 1.807) is 32.7 Å². The minimum absolute atomic E-state index is 0.365. The van der Waals surface area contributed by atoms with Crippen LogP contribution < -0.4 is 19.7 Å². The minimum atomic E-state index is -0.367. The van der Waals surface area contributed by atoms with Gasteiger partial charge in [0.15, 0.2) is 0 Å². The molecule has 2 heterocycles. The zero-order valence-corrected chi connectivity index (χ0v) is 25.1. The Labute approximate surface area is 251 Å². The van der Waals surface area contributed by atoms with Gasteiger partial charge in [-0.25, -0.2) is 9.78 Å². The number of benzene rings is 3. The molecule has 222 valence electrons. The van der Waals surface area contributed by atoms with E-state index in [9.17, 15) is 4.79 Å². The maximum Gasteiger partial charge on any atom is 0.337 e. The van der Waals surface area contributed by atoms with Crippen molar-refractivity contribution >= 4 is 28.4 Å². The highest BCUT2D eigenvalue weighted by molar-refractivity contribution is 5.89. The highest BCUT2D eigenvalue weighted by Crippen LogP contribution is 2.34. The molecule has 43 heavy (non-hydrogen) atoms. The van der Waals surface area contributed by atoms with Crippen molar-refractivity contribution in [2.45, 2.75) is 26.4 Å². The Kier molecular flexibility index (Phi) is 9.17. The monoisotopic (exact) mass is 580 g/mol. The fraction of sp³-hybridized carbons (Fsp3) is 0.273. The molecule has 0 saturated heterocycles. The van der Waals surface area contributed by atoms with E-state index in [2.05, 4.69) is 46.3 Å². The van der Waals surface area contributed by atoms with Crippen LogP contribution in [0.1, 0.15) is 29.8 Å². The van der Waals surface area contributed by atoms with Crippen LogP contribution in [0, 0.1) is 0 Å². The molecule has 0 aliphatic carbocycles. The third-order valence-corrected chi connectivity index (χ3v) is 7.00. The molecule has 0 amide bonds. The van der Waals surface area contributed by atoms with Crippen molar-refractivity contribution in [3.63, 3.8) is 0 Å². The largest absolute Gasteiger partial charge is 0.497 e. The molecular weight excluding hydrogens is 544 g/mol. The van der Waals surface area contributed by atoms with E-state index in [1.165, 1.54) is 7.11 Å². The summed E-state index contributed by atoms with van der Waals surface area (Å²) in [5.74, 6) is 1.07. The lowest BCUT2D eigenvalue weighted by atomic mass is 10.1. The van der Waals surface area contributed by atoms with E-state index in [1.807, 2.05) is 53.3 Å². The molecule has 0 radical (unpaired) electrons. The summed E-state index contributed by atoms with van der Waals surface area (Å²) < 4.78 is 17.8. The summed E-state index contributed by atoms with van der Waals surface area (Å²) in [4.78, 5) is 23.8. The number of aromatic nitrogens is 4. The molecule has 0 bridgehead atoms. The fourth-order valence-electron chi connectivity index (χ4n) is 4.81. The van der Waals surface area contributed by atoms with Gasteiger partial charge >= 0.3 is 5.97 Å². The van der Waals surface area contributed by atoms with E-state index < -0.39 is 0 Å². The van der Waals surface area contributed by atoms with Crippen molar-refractivity contribution in [3.8, 4) is 22.8 Å². The van der Waals surface area contributed by atoms with Gasteiger partial charge in [-0.2, -0.15) is 5.10 Å². The Morgan fingerprint density at radius 2 is 1.72 bits per heavy atom. The number of hydrogen-bond acceptors (Lipinski definition) is 9. The number of nitrogens with one attached hydrogen (secondary N) is 1. The summed E-state index contributed by atoms with van der Waals surface area (Å²) in [5, 5.41) is 8.03. The van der Waals surface area contributed by atoms with Crippen LogP contribution in [0.2, 0.25) is 0 Å². The van der Waals surface area contributed by atoms with E-state index in [4.69, 9.17) is 19.2 Å². The average molecular weight is 581 g/mol. The van der Waals surface area contributed by atoms with Gasteiger partial charge in [0.1, 0.15) is 11.5 Å². The second kappa shape index (κ2) is 13.3. The van der Waals surface area contributed by atoms with Gasteiger partial charge in [0.2, 0.25) is 0 Å². The molecule has 0 atom stereocenters. The fourth-order valence-corrected chi connectivity index (χ4v) is 4.81. The third kappa shape index (κ3) is 7.10. The van der Waals surface area contributed by atoms with Gasteiger partial charge in [0.25, 0.3) is 0 Å². The highest BCUT2D eigenvalue weighted by atomic mass is 16.5. The summed E-state index contributed by atoms with van der Waals surface area (Å²) >= 11 is 0. The van der Waals surface area contributed by atoms with Gasteiger partial charge in [-0.05, 0) is 35.9 Å². The maximum absolute atomic E-state index is 11.9. The zero-order valence-electron chi connectivity index (χ0n) is 25.1. The molecular formula is C33H36N6O4. The van der Waals surface area contributed by atoms with Gasteiger partial charge in [-0.1, -0.05) is 26.0 Å². The maximum atomic E-state index is 11.9. The smallest absolute Gasteiger partial charge is 0.337 e. The molecule has 0 fully saturated rings. The first-order valence-electron chi connectivity index (χ1n) is 14.1. The lowest BCUT2D eigenvalue weighted by molar-refractivity contribution is 0.0600. The summed E-state index contributed by atoms with van der Waals surface area (Å²) in [6.07, 6.45) is 5.46. The van der Waals surface area contributed by atoms with Gasteiger partial charge in [-0.15, -0.1) is 0 Å². The van der Waals surface area contributed by atoms with Crippen molar-refractivity contribution in [2.24, 2.45) is 0 Å². The Morgan fingerprint density at radius 3 is 2.44 bits per heavy atom. The minimum Gasteiger partial charge on any atom is -0.497 e. The number of ether oxygens (including phenoxy) is 3. The predicted molar refractivity (Wildman–Crippen MR) is 167 cm³/mol. The molecule has 3 aromatic carbocycles. The van der Waals surface area contributed by atoms with Gasteiger partial charge < -0.3 is 24.4 Å². The number of nitrogens with zero attached hydrogens (tertiary/aromatic N) is 5. The normalized spacial score (nSPS) is 11.1. The number of esters is 1. The first-order chi connectivity index (χ1) is 20.9. The zero-order chi connectivity index (χ0) is 30.3. The summed E-state index contributed by atoms with van der Waals surface area (Å²) in [6.45, 7) is 6.26. The highest BCUT2D eigenvalue weighted by Gasteiger charge is 2.15. The van der Waals surface area contributed by atoms with Gasteiger partial charge in [0, 0.05) is 60.5 Å². The molecule has 5 rings (SSSR count). The molecule has 10 nitrogen and oxygen atoms in total. The molecule has 10 heteroatoms. The molecule has 5 aromatic rings. The Morgan fingerprint density at radius 1 is 0.930 bits per heavy atom. The van der Waals surface area contributed by atoms with Crippen LogP contribution >= 0.6 is 0 Å². The third-order valence-electron chi connectivity index (χ3n) is 7.00. The van der Waals surface area contributed by atoms with Crippen LogP contribution in [0.15, 0.2) is 79.3 Å². The van der Waals surface area contributed by atoms with E-state index in [0.717, 1.165) is 52.3 Å². The standard InChI is InChI=1S/C33H36N6O4/c1-22(2)34-11-12-39(27-14-28(41-3)17-29(15-27)42-4)26-9-10-30-31(16-26)37-32(19-35-30)25-18-36-38(21-25)20-23-7-6-8-24(13-23)33(40)43-5/h6-10,13-19,21-22,34H,11-12,20H2,1-5H3. The van der Waals surface area contributed by atoms with Crippen molar-refractivity contribution in [1.29, 1.82) is 0 Å². The molecule has 0 spiro atoms. The van der Waals surface area contributed by atoms with E-state index in [0.29, 0.717) is 29.6 Å². The van der Waals surface area contributed by atoms with Crippen LogP contribution in [0.25, 0.3) is 22.3 Å². The van der Waals surface area contributed by atoms with Crippen molar-refractivity contribution < 1.29 is 19.0 Å². The van der Waals surface area contributed by atoms with Gasteiger partial charge in [-0.3, -0.25) is 9.67 Å². The second-order valence-electron chi connectivity index (χ2n) is 10.4. The van der Waals surface area contributed by atoms with E-state index in [-0.39, 0.29) is 5.97 Å². The quantitative estimate of drug-likeness (QED) is 0.192. The van der Waals surface area contributed by atoms with Crippen LogP contribution in [0.5, 0.6) is 11.5 Å². The Hall–Kier alpha value is -4.96. The number of anilines is 2. The van der Waals surface area contributed by atoms with Crippen LogP contribution in [-0.2, 0) is 11.3 Å². The SMILES string of the molecule is COC(=O)c1cccc(Cn2cc(-c3cnc4ccc(N(CCNC(C)C)c5cc(OC)cc(OC)c5)cc4n3)cn2)c1. The summed E-state index contributed by atoms with van der Waals surface area (Å²) in [6, 6.07) is 19.6. The molecule has 0 aliphatic rings. The number of hydrogen-bond donors (Lipinski definition) is 1. The van der Waals surface area contributed by atoms with Crippen LogP contribution in [0.3, 0.4) is 0 Å². The van der Waals surface area contributed by atoms with Crippen molar-refractivity contribution in [3.05, 3.63) is 90.4 Å². The predicted octanol–water partition coefficient (Wildman–Crippen LogP) is 5.48. The van der Waals surface area contributed by atoms with Crippen molar-refractivity contribution in [1.82, 2.24) is 25.1 Å². The molecule has 0 aliphatic heterocycles. The van der Waals surface area contributed by atoms with Crippen LogP contribution in [0.4, 0.5) is 11.4 Å². The Bertz CT molecular complexity index is 1700. The molecule has 1 N–H and O–H groups in total. The molecule has 2 aromatic heterocycles. The van der Waals surface area contributed by atoms with Crippen LogP contribution in [-0.4, -0.2) is 66.2 Å². The molecule has 0 unspecified atom stereocenters. The number of rotatable bonds is 12. The molecule has 0 saturated carbocycles. The average Bonchev–Trinajstić information content (AvgIpc) is 3.50. The number of carbonyl (C=O) groups is 1. The second-order valence-corrected chi connectivity index (χ2v) is 10.4. The number of fused-ring (bicyclic) bond motifs is 1. The van der Waals surface area contributed by atoms with Gasteiger partial charge in [0.05, 0.1) is 62.6 Å².